The first-order chi connectivity index (χ1) is 5.88. The number of imidazole rings is 1. The van der Waals surface area contributed by atoms with Crippen LogP contribution in [0.1, 0.15) is 33.6 Å². The maximum absolute atomic E-state index is 4.21. The quantitative estimate of drug-likeness (QED) is 0.613. The predicted octanol–water partition coefficient (Wildman–Crippen LogP) is 1.18. The molecule has 1 heterocycles. The van der Waals surface area contributed by atoms with Crippen molar-refractivity contribution in [2.75, 3.05) is 0 Å². The second-order valence-electron chi connectivity index (χ2n) is 2.69. The second-order valence-corrected chi connectivity index (χ2v) is 2.69. The van der Waals surface area contributed by atoms with Gasteiger partial charge >= 0.3 is 0 Å². The lowest BCUT2D eigenvalue weighted by atomic mass is 10.1. The summed E-state index contributed by atoms with van der Waals surface area (Å²) in [4.78, 5) is 7.31. The van der Waals surface area contributed by atoms with E-state index in [4.69, 9.17) is 0 Å². The molecule has 1 aromatic rings. The van der Waals surface area contributed by atoms with Crippen LogP contribution >= 0.6 is 0 Å². The Morgan fingerprint density at radius 3 is 2.83 bits per heavy atom. The van der Waals surface area contributed by atoms with E-state index in [9.17, 15) is 0 Å². The first-order valence-electron chi connectivity index (χ1n) is 4.57. The molecule has 1 N–H and O–H groups in total. The molecule has 1 aliphatic carbocycles. The molecule has 0 radical (unpaired) electrons. The molecular formula is C10H16N2. The molecule has 0 spiro atoms. The van der Waals surface area contributed by atoms with E-state index >= 15 is 0 Å². The minimum absolute atomic E-state index is 1.15. The highest BCUT2D eigenvalue weighted by atomic mass is 14.9. The number of aromatic nitrogens is 2. The fraction of sp³-hybridized carbons (Fsp3) is 0.500. The Kier molecular flexibility index (Phi) is 3.09. The lowest BCUT2D eigenvalue weighted by Gasteiger charge is -1.99. The van der Waals surface area contributed by atoms with Crippen molar-refractivity contribution < 1.29 is 0 Å². The van der Waals surface area contributed by atoms with E-state index in [0.29, 0.717) is 0 Å². The van der Waals surface area contributed by atoms with Crippen LogP contribution in [-0.4, -0.2) is 9.97 Å². The molecule has 0 saturated carbocycles. The van der Waals surface area contributed by atoms with Gasteiger partial charge in [-0.2, -0.15) is 0 Å². The molecule has 2 heteroatoms. The molecule has 0 bridgehead atoms. The zero-order chi connectivity index (χ0) is 8.97. The molecule has 1 aromatic heterocycles. The Hall–Kier alpha value is -1.05. The van der Waals surface area contributed by atoms with E-state index in [0.717, 1.165) is 18.2 Å². The van der Waals surface area contributed by atoms with Crippen LogP contribution < -0.4 is 10.7 Å². The van der Waals surface area contributed by atoms with Gasteiger partial charge in [0.05, 0.1) is 17.0 Å². The van der Waals surface area contributed by atoms with Crippen LogP contribution in [0.3, 0.4) is 0 Å². The highest BCUT2D eigenvalue weighted by Crippen LogP contribution is 2.04. The lowest BCUT2D eigenvalue weighted by Crippen LogP contribution is -2.28. The van der Waals surface area contributed by atoms with Gasteiger partial charge in [-0.25, -0.2) is 4.98 Å². The third kappa shape index (κ3) is 1.58. The first-order valence-corrected chi connectivity index (χ1v) is 4.57. The van der Waals surface area contributed by atoms with Crippen molar-refractivity contribution in [2.24, 2.45) is 0 Å². The van der Waals surface area contributed by atoms with E-state index < -0.39 is 0 Å². The molecule has 0 atom stereocenters. The van der Waals surface area contributed by atoms with Gasteiger partial charge in [-0.1, -0.05) is 19.9 Å². The van der Waals surface area contributed by atoms with E-state index in [1.54, 1.807) is 6.33 Å². The van der Waals surface area contributed by atoms with Gasteiger partial charge in [0.2, 0.25) is 0 Å². The first kappa shape index (κ1) is 9.04. The number of hydrogen-bond donors (Lipinski definition) is 1. The average molecular weight is 164 g/mol. The maximum atomic E-state index is 4.21. The molecule has 0 amide bonds. The van der Waals surface area contributed by atoms with Gasteiger partial charge in [0.1, 0.15) is 0 Å². The molecule has 1 aliphatic rings. The van der Waals surface area contributed by atoms with Crippen molar-refractivity contribution in [1.29, 1.82) is 0 Å². The Balaban J connectivity index is 0.000000336. The Morgan fingerprint density at radius 1 is 1.42 bits per heavy atom. The highest BCUT2D eigenvalue weighted by molar-refractivity contribution is 5.45. The van der Waals surface area contributed by atoms with Crippen molar-refractivity contribution in [3.8, 4) is 0 Å². The van der Waals surface area contributed by atoms with E-state index in [1.165, 1.54) is 10.9 Å². The third-order valence-electron chi connectivity index (χ3n) is 1.94. The third-order valence-corrected chi connectivity index (χ3v) is 1.94. The normalized spacial score (nSPS) is 14.1. The fourth-order valence-electron chi connectivity index (χ4n) is 1.35. The molecule has 0 saturated heterocycles. The average Bonchev–Trinajstić information content (AvgIpc) is 2.57. The van der Waals surface area contributed by atoms with E-state index in [2.05, 4.69) is 23.0 Å². The topological polar surface area (TPSA) is 28.7 Å². The minimum Gasteiger partial charge on any atom is -0.345 e. The zero-order valence-corrected chi connectivity index (χ0v) is 8.02. The van der Waals surface area contributed by atoms with E-state index in [-0.39, 0.29) is 0 Å². The van der Waals surface area contributed by atoms with Gasteiger partial charge in [-0.3, -0.25) is 0 Å². The van der Waals surface area contributed by atoms with Gasteiger partial charge < -0.3 is 4.98 Å². The predicted molar refractivity (Wildman–Crippen MR) is 52.0 cm³/mol. The van der Waals surface area contributed by atoms with Crippen molar-refractivity contribution in [1.82, 2.24) is 9.97 Å². The van der Waals surface area contributed by atoms with Crippen LogP contribution in [0.2, 0.25) is 0 Å². The number of H-pyrrole nitrogens is 1. The standard InChI is InChI=1S/C8H10N2.C2H6/c1-6-3-2-4-7-8(6)10-5-9-7;1-2/h4-5H,2-3H2,1H3,(H,9,10);1-2H3. The SMILES string of the molecule is CC.CC1=c2nc[nH]c2=CCC1. The number of nitrogens with zero attached hydrogens (tertiary/aromatic N) is 1. The van der Waals surface area contributed by atoms with Crippen molar-refractivity contribution >= 4 is 11.6 Å². The lowest BCUT2D eigenvalue weighted by molar-refractivity contribution is 1.04. The van der Waals surface area contributed by atoms with Crippen LogP contribution in [0, 0.1) is 0 Å². The number of nitrogens with one attached hydrogen (secondary N) is 1. The van der Waals surface area contributed by atoms with E-state index in [1.807, 2.05) is 13.8 Å². The maximum Gasteiger partial charge on any atom is 0.0931 e. The number of aromatic amines is 1. The van der Waals surface area contributed by atoms with Crippen LogP contribution in [-0.2, 0) is 0 Å². The summed E-state index contributed by atoms with van der Waals surface area (Å²) in [5.74, 6) is 0. The van der Waals surface area contributed by atoms with Gasteiger partial charge in [0, 0.05) is 0 Å². The zero-order valence-electron chi connectivity index (χ0n) is 8.02. The molecule has 2 rings (SSSR count). The van der Waals surface area contributed by atoms with Crippen LogP contribution in [0.5, 0.6) is 0 Å². The molecule has 12 heavy (non-hydrogen) atoms. The summed E-state index contributed by atoms with van der Waals surface area (Å²) >= 11 is 0. The fourth-order valence-corrected chi connectivity index (χ4v) is 1.35. The molecule has 0 aliphatic heterocycles. The molecule has 66 valence electrons. The van der Waals surface area contributed by atoms with Gasteiger partial charge in [0.15, 0.2) is 0 Å². The molecule has 0 fully saturated rings. The Labute approximate surface area is 73.0 Å². The Morgan fingerprint density at radius 2 is 2.17 bits per heavy atom. The minimum atomic E-state index is 1.15. The van der Waals surface area contributed by atoms with Gasteiger partial charge in [0.25, 0.3) is 0 Å². The molecular weight excluding hydrogens is 148 g/mol. The largest absolute Gasteiger partial charge is 0.345 e. The summed E-state index contributed by atoms with van der Waals surface area (Å²) in [5.41, 5.74) is 1.40. The summed E-state index contributed by atoms with van der Waals surface area (Å²) in [5, 5.41) is 2.36. The summed E-state index contributed by atoms with van der Waals surface area (Å²) in [7, 11) is 0. The smallest absolute Gasteiger partial charge is 0.0931 e. The van der Waals surface area contributed by atoms with Crippen LogP contribution in [0.4, 0.5) is 0 Å². The highest BCUT2D eigenvalue weighted by Gasteiger charge is 1.99. The van der Waals surface area contributed by atoms with Gasteiger partial charge in [-0.05, 0) is 25.3 Å². The number of rotatable bonds is 0. The van der Waals surface area contributed by atoms with Crippen molar-refractivity contribution in [3.05, 3.63) is 17.0 Å². The summed E-state index contributed by atoms with van der Waals surface area (Å²) in [6.07, 6.45) is 6.28. The van der Waals surface area contributed by atoms with Crippen LogP contribution in [0.15, 0.2) is 6.33 Å². The Bertz CT molecular complexity index is 346. The van der Waals surface area contributed by atoms with Crippen LogP contribution in [0.25, 0.3) is 11.6 Å². The summed E-state index contributed by atoms with van der Waals surface area (Å²) in [6.45, 7) is 6.15. The number of fused-ring (bicyclic) bond motifs is 1. The summed E-state index contributed by atoms with van der Waals surface area (Å²) < 4.78 is 0. The van der Waals surface area contributed by atoms with Crippen molar-refractivity contribution in [3.63, 3.8) is 0 Å². The van der Waals surface area contributed by atoms with Gasteiger partial charge in [-0.15, -0.1) is 0 Å². The molecule has 2 nitrogen and oxygen atoms in total. The molecule has 0 aromatic carbocycles. The molecule has 0 unspecified atom stereocenters. The summed E-state index contributed by atoms with van der Waals surface area (Å²) in [6, 6.07) is 0. The number of hydrogen-bond acceptors (Lipinski definition) is 1. The monoisotopic (exact) mass is 164 g/mol. The second kappa shape index (κ2) is 4.10. The van der Waals surface area contributed by atoms with Crippen molar-refractivity contribution in [2.45, 2.75) is 33.6 Å².